The second-order valence-electron chi connectivity index (χ2n) is 7.75. The van der Waals surface area contributed by atoms with Gasteiger partial charge in [0.2, 0.25) is 0 Å². The summed E-state index contributed by atoms with van der Waals surface area (Å²) in [5.41, 5.74) is 4.15. The number of nitrogens with zero attached hydrogens (tertiary/aromatic N) is 4. The van der Waals surface area contributed by atoms with Crippen LogP contribution in [0.25, 0.3) is 23.1 Å². The number of amides is 1. The Balaban J connectivity index is 1.34. The summed E-state index contributed by atoms with van der Waals surface area (Å²) in [6.07, 6.45) is 7.17. The summed E-state index contributed by atoms with van der Waals surface area (Å²) in [5, 5.41) is 18.3. The number of carbonyl (C=O) groups excluding carboxylic acids is 1. The van der Waals surface area contributed by atoms with Gasteiger partial charge >= 0.3 is 0 Å². The van der Waals surface area contributed by atoms with Gasteiger partial charge in [0, 0.05) is 36.2 Å². The van der Waals surface area contributed by atoms with Crippen LogP contribution in [0.15, 0.2) is 54.9 Å². The largest absolute Gasteiger partial charge is 0.355 e. The standard InChI is InChI=1S/C24H21FN8O/c1-14-11-22(33(2)32-14)24(34)29-21-13-16(4-6-18(21)25)28-15-3-5-17-19(30-31-20(17)12-15)7-8-23-26-9-10-27-23/h3-13,28H,1-2H3,(H,26,27)(H,29,34)(H,30,31)/b8-7+. The number of nitrogens with one attached hydrogen (secondary N) is 4. The van der Waals surface area contributed by atoms with E-state index >= 15 is 0 Å². The van der Waals surface area contributed by atoms with Crippen LogP contribution in [0.5, 0.6) is 0 Å². The molecule has 0 aliphatic carbocycles. The third kappa shape index (κ3) is 4.29. The van der Waals surface area contributed by atoms with Crippen LogP contribution in [0.2, 0.25) is 0 Å². The molecule has 0 unspecified atom stereocenters. The zero-order valence-corrected chi connectivity index (χ0v) is 18.4. The van der Waals surface area contributed by atoms with Gasteiger partial charge in [-0.25, -0.2) is 9.37 Å². The molecule has 5 aromatic rings. The summed E-state index contributed by atoms with van der Waals surface area (Å²) in [4.78, 5) is 19.7. The number of aryl methyl sites for hydroxylation is 2. The maximum atomic E-state index is 14.4. The number of carbonyl (C=O) groups is 1. The zero-order chi connectivity index (χ0) is 23.7. The number of halogens is 1. The van der Waals surface area contributed by atoms with Gasteiger partial charge in [0.1, 0.15) is 17.3 Å². The highest BCUT2D eigenvalue weighted by Gasteiger charge is 2.15. The Labute approximate surface area is 193 Å². The van der Waals surface area contributed by atoms with E-state index in [9.17, 15) is 9.18 Å². The van der Waals surface area contributed by atoms with Gasteiger partial charge in [0.05, 0.1) is 22.6 Å². The predicted molar refractivity (Wildman–Crippen MR) is 129 cm³/mol. The molecule has 10 heteroatoms. The summed E-state index contributed by atoms with van der Waals surface area (Å²) in [6.45, 7) is 1.79. The molecule has 0 spiro atoms. The first-order valence-corrected chi connectivity index (χ1v) is 10.5. The highest BCUT2D eigenvalue weighted by atomic mass is 19.1. The van der Waals surface area contributed by atoms with Crippen LogP contribution in [-0.2, 0) is 7.05 Å². The lowest BCUT2D eigenvalue weighted by atomic mass is 10.1. The fourth-order valence-corrected chi connectivity index (χ4v) is 3.65. The van der Waals surface area contributed by atoms with Crippen molar-refractivity contribution in [1.29, 1.82) is 0 Å². The summed E-state index contributed by atoms with van der Waals surface area (Å²) in [7, 11) is 1.67. The molecule has 3 heterocycles. The second kappa shape index (κ2) is 8.66. The monoisotopic (exact) mass is 456 g/mol. The number of anilines is 3. The van der Waals surface area contributed by atoms with Gasteiger partial charge in [-0.15, -0.1) is 0 Å². The Hall–Kier alpha value is -4.73. The van der Waals surface area contributed by atoms with Crippen LogP contribution < -0.4 is 10.6 Å². The van der Waals surface area contributed by atoms with Gasteiger partial charge in [0.15, 0.2) is 0 Å². The molecule has 0 aliphatic rings. The van der Waals surface area contributed by atoms with E-state index in [2.05, 4.69) is 35.9 Å². The average Bonchev–Trinajstić information content (AvgIpc) is 3.54. The number of hydrogen-bond acceptors (Lipinski definition) is 5. The number of fused-ring (bicyclic) bond motifs is 1. The number of H-pyrrole nitrogens is 2. The van der Waals surface area contributed by atoms with E-state index in [0.29, 0.717) is 17.1 Å². The first kappa shape index (κ1) is 21.1. The van der Waals surface area contributed by atoms with E-state index in [1.807, 2.05) is 30.4 Å². The molecule has 0 aliphatic heterocycles. The molecular formula is C24H21FN8O. The summed E-state index contributed by atoms with van der Waals surface area (Å²) < 4.78 is 15.8. The summed E-state index contributed by atoms with van der Waals surface area (Å²) in [6, 6.07) is 11.9. The van der Waals surface area contributed by atoms with E-state index in [0.717, 1.165) is 28.1 Å². The molecule has 0 bridgehead atoms. The third-order valence-corrected chi connectivity index (χ3v) is 5.25. The van der Waals surface area contributed by atoms with Crippen molar-refractivity contribution in [3.8, 4) is 0 Å². The van der Waals surface area contributed by atoms with Crippen molar-refractivity contribution in [1.82, 2.24) is 29.9 Å². The molecule has 3 aromatic heterocycles. The van der Waals surface area contributed by atoms with E-state index in [-0.39, 0.29) is 5.69 Å². The van der Waals surface area contributed by atoms with Crippen LogP contribution in [0, 0.1) is 12.7 Å². The molecule has 170 valence electrons. The van der Waals surface area contributed by atoms with Crippen LogP contribution in [0.1, 0.15) is 27.7 Å². The lowest BCUT2D eigenvalue weighted by Crippen LogP contribution is -2.17. The van der Waals surface area contributed by atoms with Crippen molar-refractivity contribution >= 4 is 46.0 Å². The molecule has 0 saturated carbocycles. The van der Waals surface area contributed by atoms with Crippen molar-refractivity contribution in [3.63, 3.8) is 0 Å². The fraction of sp³-hybridized carbons (Fsp3) is 0.0833. The molecule has 0 fully saturated rings. The van der Waals surface area contributed by atoms with E-state index in [4.69, 9.17) is 0 Å². The second-order valence-corrected chi connectivity index (χ2v) is 7.75. The Morgan fingerprint density at radius 2 is 1.94 bits per heavy atom. The van der Waals surface area contributed by atoms with Gasteiger partial charge in [-0.3, -0.25) is 14.6 Å². The SMILES string of the molecule is Cc1cc(C(=O)Nc2cc(Nc3ccc4c(/C=C/c5ncc[nH]5)n[nH]c4c3)ccc2F)n(C)n1. The smallest absolute Gasteiger partial charge is 0.274 e. The Morgan fingerprint density at radius 3 is 2.71 bits per heavy atom. The highest BCUT2D eigenvalue weighted by molar-refractivity contribution is 6.03. The van der Waals surface area contributed by atoms with Crippen LogP contribution in [-0.4, -0.2) is 35.9 Å². The lowest BCUT2D eigenvalue weighted by Gasteiger charge is -2.11. The first-order chi connectivity index (χ1) is 16.5. The molecule has 4 N–H and O–H groups in total. The number of rotatable bonds is 6. The minimum atomic E-state index is -0.533. The Bertz CT molecular complexity index is 1510. The molecule has 0 radical (unpaired) electrons. The molecule has 9 nitrogen and oxygen atoms in total. The van der Waals surface area contributed by atoms with E-state index in [1.165, 1.54) is 10.7 Å². The first-order valence-electron chi connectivity index (χ1n) is 10.5. The Morgan fingerprint density at radius 1 is 1.12 bits per heavy atom. The normalized spacial score (nSPS) is 11.4. The highest BCUT2D eigenvalue weighted by Crippen LogP contribution is 2.27. The molecule has 34 heavy (non-hydrogen) atoms. The third-order valence-electron chi connectivity index (χ3n) is 5.25. The Kier molecular flexibility index (Phi) is 5.38. The number of benzene rings is 2. The van der Waals surface area contributed by atoms with Crippen molar-refractivity contribution in [2.45, 2.75) is 6.92 Å². The fourth-order valence-electron chi connectivity index (χ4n) is 3.65. The van der Waals surface area contributed by atoms with Gasteiger partial charge in [-0.05, 0) is 61.5 Å². The summed E-state index contributed by atoms with van der Waals surface area (Å²) >= 11 is 0. The number of aromatic amines is 2. The van der Waals surface area contributed by atoms with Gasteiger partial charge in [0.25, 0.3) is 5.91 Å². The maximum Gasteiger partial charge on any atom is 0.274 e. The zero-order valence-electron chi connectivity index (χ0n) is 18.4. The molecule has 5 rings (SSSR count). The number of hydrogen-bond donors (Lipinski definition) is 4. The van der Waals surface area contributed by atoms with Crippen molar-refractivity contribution in [3.05, 3.63) is 83.6 Å². The average molecular weight is 456 g/mol. The molecule has 1 amide bonds. The molecular weight excluding hydrogens is 435 g/mol. The molecule has 2 aromatic carbocycles. The number of aromatic nitrogens is 6. The van der Waals surface area contributed by atoms with E-state index < -0.39 is 11.7 Å². The van der Waals surface area contributed by atoms with Gasteiger partial charge in [-0.1, -0.05) is 0 Å². The van der Waals surface area contributed by atoms with Crippen LogP contribution in [0.4, 0.5) is 21.5 Å². The minimum Gasteiger partial charge on any atom is -0.355 e. The predicted octanol–water partition coefficient (Wildman–Crippen LogP) is 4.63. The minimum absolute atomic E-state index is 0.0711. The van der Waals surface area contributed by atoms with Crippen molar-refractivity contribution in [2.24, 2.45) is 7.05 Å². The maximum absolute atomic E-state index is 14.4. The topological polar surface area (TPSA) is 116 Å². The van der Waals surface area contributed by atoms with Crippen LogP contribution >= 0.6 is 0 Å². The van der Waals surface area contributed by atoms with Gasteiger partial charge < -0.3 is 15.6 Å². The quantitative estimate of drug-likeness (QED) is 0.297. The van der Waals surface area contributed by atoms with Crippen LogP contribution in [0.3, 0.4) is 0 Å². The van der Waals surface area contributed by atoms with Crippen molar-refractivity contribution < 1.29 is 9.18 Å². The van der Waals surface area contributed by atoms with Crippen molar-refractivity contribution in [2.75, 3.05) is 10.6 Å². The van der Waals surface area contributed by atoms with Gasteiger partial charge in [-0.2, -0.15) is 10.2 Å². The molecule has 0 atom stereocenters. The summed E-state index contributed by atoms with van der Waals surface area (Å²) in [5.74, 6) is -0.227. The molecule has 0 saturated heterocycles. The lowest BCUT2D eigenvalue weighted by molar-refractivity contribution is 0.101. The number of imidazole rings is 1. The van der Waals surface area contributed by atoms with E-state index in [1.54, 1.807) is 44.6 Å².